The molecule has 3 fully saturated rings. The van der Waals surface area contributed by atoms with Crippen molar-refractivity contribution in [2.45, 2.75) is 179 Å². The predicted molar refractivity (Wildman–Crippen MR) is 163 cm³/mol. The Balaban J connectivity index is 1.43. The summed E-state index contributed by atoms with van der Waals surface area (Å²) in [6, 6.07) is 0. The molecule has 0 aromatic heterocycles. The molecule has 0 spiro atoms. The van der Waals surface area contributed by atoms with E-state index in [4.69, 9.17) is 18.9 Å². The van der Waals surface area contributed by atoms with Crippen molar-refractivity contribution in [1.29, 1.82) is 0 Å². The molecule has 0 N–H and O–H groups in total. The number of rotatable bonds is 12. The Morgan fingerprint density at radius 3 is 0.875 bits per heavy atom. The Kier molecular flexibility index (Phi) is 11.7. The highest BCUT2D eigenvalue weighted by atomic mass is 16.5. The topological polar surface area (TPSA) is 36.9 Å². The van der Waals surface area contributed by atoms with Crippen molar-refractivity contribution >= 4 is 0 Å². The minimum absolute atomic E-state index is 0.174. The highest BCUT2D eigenvalue weighted by Crippen LogP contribution is 2.44. The molecule has 0 saturated carbocycles. The van der Waals surface area contributed by atoms with E-state index >= 15 is 0 Å². The summed E-state index contributed by atoms with van der Waals surface area (Å²) < 4.78 is 28.2. The number of ether oxygens (including phenoxy) is 4. The Morgan fingerprint density at radius 2 is 0.650 bits per heavy atom. The zero-order valence-electron chi connectivity index (χ0n) is 26.2. The lowest BCUT2D eigenvalue weighted by Crippen LogP contribution is -2.40. The molecule has 0 amide bonds. The van der Waals surface area contributed by atoms with Crippen LogP contribution in [-0.4, -0.2) is 48.8 Å². The molecule has 5 heterocycles. The molecule has 5 aliphatic rings. The van der Waals surface area contributed by atoms with Crippen LogP contribution in [-0.2, 0) is 18.9 Å². The second-order valence-corrected chi connectivity index (χ2v) is 13.7. The van der Waals surface area contributed by atoms with Crippen LogP contribution in [0, 0.1) is 23.7 Å². The van der Waals surface area contributed by atoms with E-state index in [1.807, 2.05) is 0 Å². The monoisotopic (exact) mass is 556 g/mol. The van der Waals surface area contributed by atoms with Crippen LogP contribution < -0.4 is 0 Å². The second-order valence-electron chi connectivity index (χ2n) is 13.7. The third-order valence-corrected chi connectivity index (χ3v) is 10.9. The minimum Gasteiger partial charge on any atom is -0.374 e. The van der Waals surface area contributed by atoms with E-state index in [1.165, 1.54) is 77.0 Å². The van der Waals surface area contributed by atoms with Gasteiger partial charge in [-0.15, -0.1) is 0 Å². The van der Waals surface area contributed by atoms with Crippen molar-refractivity contribution in [3.05, 3.63) is 24.3 Å². The molecule has 0 aromatic rings. The lowest BCUT2D eigenvalue weighted by molar-refractivity contribution is -0.125. The third kappa shape index (κ3) is 7.09. The van der Waals surface area contributed by atoms with E-state index in [0.29, 0.717) is 48.1 Å². The maximum Gasteiger partial charge on any atom is 0.0817 e. The fraction of sp³-hybridized carbons (Fsp3) is 0.889. The average molecular weight is 557 g/mol. The van der Waals surface area contributed by atoms with E-state index in [1.54, 1.807) is 0 Å². The summed E-state index contributed by atoms with van der Waals surface area (Å²) >= 11 is 0. The standard InChI is InChI=1S/C36H60O4/c1-5-9-13-25-29-17-19-31(37-29)26(14-10-6-2)33-21-23-35(39-33)28(16-12-8-4)36-24-22-34(40-36)27(15-11-7-3)32-20-18-30(25)38-32/h17,19,22,24-36H,5-16,18,20-21,23H2,1-4H3. The third-order valence-electron chi connectivity index (χ3n) is 10.9. The molecule has 228 valence electrons. The summed E-state index contributed by atoms with van der Waals surface area (Å²) in [6.45, 7) is 9.24. The van der Waals surface area contributed by atoms with Gasteiger partial charge in [0.2, 0.25) is 0 Å². The van der Waals surface area contributed by atoms with Gasteiger partial charge in [0.05, 0.1) is 48.8 Å². The Labute approximate surface area is 246 Å². The molecule has 0 aromatic carbocycles. The first kappa shape index (κ1) is 30.8. The molecule has 12 atom stereocenters. The van der Waals surface area contributed by atoms with E-state index < -0.39 is 0 Å². The van der Waals surface area contributed by atoms with E-state index in [2.05, 4.69) is 52.0 Å². The molecule has 4 heteroatoms. The zero-order chi connectivity index (χ0) is 27.9. The molecule has 5 aliphatic heterocycles. The first-order valence-corrected chi connectivity index (χ1v) is 17.6. The van der Waals surface area contributed by atoms with Crippen molar-refractivity contribution in [2.24, 2.45) is 23.7 Å². The number of hydrogen-bond acceptors (Lipinski definition) is 4. The lowest BCUT2D eigenvalue weighted by Gasteiger charge is -2.36. The molecule has 8 bridgehead atoms. The molecule has 12 unspecified atom stereocenters. The maximum atomic E-state index is 7.07. The predicted octanol–water partition coefficient (Wildman–Crippen LogP) is 8.97. The van der Waals surface area contributed by atoms with Crippen molar-refractivity contribution in [3.8, 4) is 0 Å². The fourth-order valence-electron chi connectivity index (χ4n) is 8.60. The normalized spacial score (nSPS) is 42.7. The molecule has 0 radical (unpaired) electrons. The molecular formula is C36H60O4. The van der Waals surface area contributed by atoms with Gasteiger partial charge in [0.15, 0.2) is 0 Å². The molecule has 3 saturated heterocycles. The van der Waals surface area contributed by atoms with Crippen LogP contribution in [0.3, 0.4) is 0 Å². The fourth-order valence-corrected chi connectivity index (χ4v) is 8.60. The summed E-state index contributed by atoms with van der Waals surface area (Å²) in [5, 5.41) is 0. The molecule has 5 rings (SSSR count). The molecule has 4 nitrogen and oxygen atoms in total. The van der Waals surface area contributed by atoms with E-state index in [9.17, 15) is 0 Å². The highest BCUT2D eigenvalue weighted by Gasteiger charge is 2.47. The lowest BCUT2D eigenvalue weighted by atomic mass is 9.87. The van der Waals surface area contributed by atoms with Crippen molar-refractivity contribution in [1.82, 2.24) is 0 Å². The van der Waals surface area contributed by atoms with Gasteiger partial charge in [-0.3, -0.25) is 0 Å². The Bertz CT molecular complexity index is 683. The van der Waals surface area contributed by atoms with Crippen LogP contribution >= 0.6 is 0 Å². The van der Waals surface area contributed by atoms with Gasteiger partial charge < -0.3 is 18.9 Å². The van der Waals surface area contributed by atoms with Crippen molar-refractivity contribution in [2.75, 3.05) is 0 Å². The van der Waals surface area contributed by atoms with Crippen LogP contribution in [0.5, 0.6) is 0 Å². The highest BCUT2D eigenvalue weighted by molar-refractivity contribution is 5.12. The Hall–Kier alpha value is -0.680. The maximum absolute atomic E-state index is 7.07. The average Bonchev–Trinajstić information content (AvgIpc) is 3.78. The van der Waals surface area contributed by atoms with Crippen LogP contribution in [0.1, 0.15) is 130 Å². The number of hydrogen-bond donors (Lipinski definition) is 0. The van der Waals surface area contributed by atoms with Crippen LogP contribution in [0.2, 0.25) is 0 Å². The summed E-state index contributed by atoms with van der Waals surface area (Å²) in [5.41, 5.74) is 0. The SMILES string of the molecule is CCCCC1C2C=CC(O2)C(CCCC)C2CCC(O2)C(CCCC)C2C=CC(O2)C(CCCC)C2CCC1O2. The van der Waals surface area contributed by atoms with Gasteiger partial charge in [0.25, 0.3) is 0 Å². The first-order chi connectivity index (χ1) is 19.7. The summed E-state index contributed by atoms with van der Waals surface area (Å²) in [4.78, 5) is 0. The quantitative estimate of drug-likeness (QED) is 0.225. The van der Waals surface area contributed by atoms with Gasteiger partial charge in [0.1, 0.15) is 0 Å². The van der Waals surface area contributed by atoms with E-state index in [0.717, 1.165) is 25.7 Å². The summed E-state index contributed by atoms with van der Waals surface area (Å²) in [6.07, 6.45) is 30.8. The molecular weight excluding hydrogens is 496 g/mol. The summed E-state index contributed by atoms with van der Waals surface area (Å²) in [5.74, 6) is 1.78. The van der Waals surface area contributed by atoms with Gasteiger partial charge in [0, 0.05) is 23.7 Å². The molecule has 0 aliphatic carbocycles. The van der Waals surface area contributed by atoms with Gasteiger partial charge >= 0.3 is 0 Å². The molecule has 40 heavy (non-hydrogen) atoms. The van der Waals surface area contributed by atoms with Gasteiger partial charge in [-0.25, -0.2) is 0 Å². The smallest absolute Gasteiger partial charge is 0.0817 e. The van der Waals surface area contributed by atoms with E-state index in [-0.39, 0.29) is 24.4 Å². The van der Waals surface area contributed by atoms with Gasteiger partial charge in [-0.05, 0) is 51.4 Å². The Morgan fingerprint density at radius 1 is 0.400 bits per heavy atom. The van der Waals surface area contributed by atoms with Crippen LogP contribution in [0.15, 0.2) is 24.3 Å². The number of unbranched alkanes of at least 4 members (excludes halogenated alkanes) is 4. The van der Waals surface area contributed by atoms with Crippen molar-refractivity contribution < 1.29 is 18.9 Å². The van der Waals surface area contributed by atoms with Crippen LogP contribution in [0.4, 0.5) is 0 Å². The minimum atomic E-state index is 0.174. The zero-order valence-corrected chi connectivity index (χ0v) is 26.2. The second kappa shape index (κ2) is 15.2. The summed E-state index contributed by atoms with van der Waals surface area (Å²) in [7, 11) is 0. The van der Waals surface area contributed by atoms with Crippen LogP contribution in [0.25, 0.3) is 0 Å². The first-order valence-electron chi connectivity index (χ1n) is 17.6. The van der Waals surface area contributed by atoms with Crippen molar-refractivity contribution in [3.63, 3.8) is 0 Å². The number of fused-ring (bicyclic) bond motifs is 8. The largest absolute Gasteiger partial charge is 0.374 e. The van der Waals surface area contributed by atoms with Gasteiger partial charge in [-0.2, -0.15) is 0 Å². The van der Waals surface area contributed by atoms with Gasteiger partial charge in [-0.1, -0.05) is 103 Å².